The van der Waals surface area contributed by atoms with Crippen molar-refractivity contribution >= 4 is 5.97 Å². The van der Waals surface area contributed by atoms with E-state index in [0.29, 0.717) is 18.3 Å². The van der Waals surface area contributed by atoms with E-state index in [4.69, 9.17) is 9.47 Å². The number of aliphatic hydroxyl groups excluding tert-OH is 1. The van der Waals surface area contributed by atoms with E-state index in [-0.39, 0.29) is 30.9 Å². The zero-order valence-electron chi connectivity index (χ0n) is 15.3. The Bertz CT molecular complexity index is 469. The molecule has 5 atom stereocenters. The van der Waals surface area contributed by atoms with Crippen LogP contribution in [0.1, 0.15) is 57.8 Å². The van der Waals surface area contributed by atoms with Crippen molar-refractivity contribution in [3.8, 4) is 0 Å². The van der Waals surface area contributed by atoms with E-state index in [2.05, 4.69) is 10.8 Å². The first-order chi connectivity index (χ1) is 12.2. The Hall–Kier alpha value is -0.910. The number of hydrogen-bond donors (Lipinski definition) is 1. The predicted octanol–water partition coefficient (Wildman–Crippen LogP) is 3.21. The van der Waals surface area contributed by atoms with Crippen LogP contribution in [0.4, 0.5) is 0 Å². The van der Waals surface area contributed by atoms with Crippen molar-refractivity contribution in [2.24, 2.45) is 17.8 Å². The van der Waals surface area contributed by atoms with Gasteiger partial charge in [0.1, 0.15) is 0 Å². The fourth-order valence-electron chi connectivity index (χ4n) is 4.79. The summed E-state index contributed by atoms with van der Waals surface area (Å²) in [6.45, 7) is 1.00. The largest absolute Gasteiger partial charge is 0.469 e. The highest BCUT2D eigenvalue weighted by Crippen LogP contribution is 2.51. The molecule has 3 fully saturated rings. The highest BCUT2D eigenvalue weighted by Gasteiger charge is 2.47. The maximum atomic E-state index is 11.2. The second-order valence-corrected chi connectivity index (χ2v) is 7.72. The lowest BCUT2D eigenvalue weighted by molar-refractivity contribution is -0.198. The van der Waals surface area contributed by atoms with E-state index >= 15 is 0 Å². The van der Waals surface area contributed by atoms with Crippen molar-refractivity contribution in [3.63, 3.8) is 0 Å². The molecule has 0 aromatic carbocycles. The smallest absolute Gasteiger partial charge is 0.305 e. The zero-order chi connectivity index (χ0) is 17.6. The number of fused-ring (bicyclic) bond motifs is 1. The van der Waals surface area contributed by atoms with Gasteiger partial charge < -0.3 is 19.3 Å². The zero-order valence-corrected chi connectivity index (χ0v) is 15.3. The molecule has 1 saturated heterocycles. The second-order valence-electron chi connectivity index (χ2n) is 7.72. The molecule has 0 spiro atoms. The molecule has 0 bridgehead atoms. The van der Waals surface area contributed by atoms with Crippen LogP contribution in [-0.2, 0) is 19.0 Å². The molecular weight excluding hydrogens is 320 g/mol. The third-order valence-electron chi connectivity index (χ3n) is 6.11. The van der Waals surface area contributed by atoms with Crippen LogP contribution in [0.5, 0.6) is 0 Å². The summed E-state index contributed by atoms with van der Waals surface area (Å²) in [5.74, 6) is 1.26. The quantitative estimate of drug-likeness (QED) is 0.433. The molecule has 0 aromatic heterocycles. The number of esters is 1. The van der Waals surface area contributed by atoms with E-state index in [1.165, 1.54) is 19.1 Å². The van der Waals surface area contributed by atoms with E-state index in [0.717, 1.165) is 51.6 Å². The summed E-state index contributed by atoms with van der Waals surface area (Å²) in [5.41, 5.74) is 1.49. The average Bonchev–Trinajstić information content (AvgIpc) is 3.16. The topological polar surface area (TPSA) is 65.0 Å². The molecule has 0 radical (unpaired) electrons. The molecule has 0 aromatic rings. The molecule has 3 aliphatic rings. The van der Waals surface area contributed by atoms with Crippen LogP contribution in [-0.4, -0.2) is 43.8 Å². The summed E-state index contributed by atoms with van der Waals surface area (Å²) in [6, 6.07) is 0. The van der Waals surface area contributed by atoms with Crippen molar-refractivity contribution in [1.29, 1.82) is 0 Å². The first-order valence-corrected chi connectivity index (χ1v) is 9.84. The Kier molecular flexibility index (Phi) is 6.91. The van der Waals surface area contributed by atoms with Gasteiger partial charge in [-0.2, -0.15) is 0 Å². The molecule has 5 heteroatoms. The van der Waals surface area contributed by atoms with Gasteiger partial charge in [-0.05, 0) is 63.2 Å². The lowest BCUT2D eigenvalue weighted by Crippen LogP contribution is -2.32. The minimum absolute atomic E-state index is 0.0695. The number of ether oxygens (including phenoxy) is 3. The first-order valence-electron chi connectivity index (χ1n) is 9.84. The fraction of sp³-hybridized carbons (Fsp3) is 0.850. The third-order valence-corrected chi connectivity index (χ3v) is 6.11. The van der Waals surface area contributed by atoms with Gasteiger partial charge in [-0.1, -0.05) is 11.6 Å². The Labute approximate surface area is 150 Å². The van der Waals surface area contributed by atoms with Gasteiger partial charge in [0.2, 0.25) is 0 Å². The van der Waals surface area contributed by atoms with Gasteiger partial charge in [-0.15, -0.1) is 0 Å². The van der Waals surface area contributed by atoms with Crippen molar-refractivity contribution in [2.75, 3.05) is 20.3 Å². The van der Waals surface area contributed by atoms with Crippen molar-refractivity contribution in [2.45, 2.75) is 70.2 Å². The van der Waals surface area contributed by atoms with E-state index in [1.807, 2.05) is 0 Å². The molecular formula is C20H32O5. The number of carbonyl (C=O) groups excluding carboxylic acids is 1. The van der Waals surface area contributed by atoms with Crippen LogP contribution in [0.2, 0.25) is 0 Å². The highest BCUT2D eigenvalue weighted by atomic mass is 16.7. The third kappa shape index (κ3) is 4.83. The summed E-state index contributed by atoms with van der Waals surface area (Å²) in [4.78, 5) is 11.2. The summed E-state index contributed by atoms with van der Waals surface area (Å²) in [5, 5.41) is 9.91. The number of unbranched alkanes of at least 4 members (excludes halogenated alkanes) is 1. The van der Waals surface area contributed by atoms with Gasteiger partial charge in [0.25, 0.3) is 0 Å². The number of rotatable bonds is 7. The summed E-state index contributed by atoms with van der Waals surface area (Å²) >= 11 is 0. The number of hydrogen-bond acceptors (Lipinski definition) is 5. The van der Waals surface area contributed by atoms with Crippen LogP contribution < -0.4 is 0 Å². The minimum atomic E-state index is -0.132. The van der Waals surface area contributed by atoms with E-state index in [1.54, 1.807) is 0 Å². The molecule has 2 aliphatic carbocycles. The second kappa shape index (κ2) is 9.15. The molecule has 1 heterocycles. The van der Waals surface area contributed by atoms with E-state index < -0.39 is 0 Å². The molecule has 25 heavy (non-hydrogen) atoms. The first kappa shape index (κ1) is 18.9. The Morgan fingerprint density at radius 3 is 2.96 bits per heavy atom. The standard InChI is InChI=1S/C20H32O5/c1-23-19(22)7-3-2-6-14-10-15-12-18(17(13-21)16(15)11-14)25-20-8-4-5-9-24-20/h6,15-18,20-21H,2-5,7-13H2,1H3/b14-6+/t15-,16-,17+,18+,20?/m0/s1. The SMILES string of the molecule is COC(=O)CCC/C=C1\C[C@H]2C[C@@H](OC3CCCCO3)[C@H](CO)[C@H]2C1. The molecule has 2 saturated carbocycles. The molecule has 0 amide bonds. The van der Waals surface area contributed by atoms with E-state index in [9.17, 15) is 9.90 Å². The summed E-state index contributed by atoms with van der Waals surface area (Å²) < 4.78 is 16.6. The van der Waals surface area contributed by atoms with Crippen molar-refractivity contribution in [3.05, 3.63) is 11.6 Å². The predicted molar refractivity (Wildman–Crippen MR) is 93.8 cm³/mol. The highest BCUT2D eigenvalue weighted by molar-refractivity contribution is 5.69. The van der Waals surface area contributed by atoms with Crippen LogP contribution in [0.25, 0.3) is 0 Å². The minimum Gasteiger partial charge on any atom is -0.469 e. The van der Waals surface area contributed by atoms with Gasteiger partial charge in [0, 0.05) is 25.6 Å². The molecule has 1 unspecified atom stereocenters. The Balaban J connectivity index is 1.47. The lowest BCUT2D eigenvalue weighted by atomic mass is 9.92. The van der Waals surface area contributed by atoms with Crippen LogP contribution >= 0.6 is 0 Å². The van der Waals surface area contributed by atoms with Gasteiger partial charge >= 0.3 is 5.97 Å². The normalized spacial score (nSPS) is 36.6. The summed E-state index contributed by atoms with van der Waals surface area (Å²) in [7, 11) is 1.44. The van der Waals surface area contributed by atoms with Gasteiger partial charge in [0.05, 0.1) is 13.2 Å². The van der Waals surface area contributed by atoms with Gasteiger partial charge in [-0.3, -0.25) is 4.79 Å². The Morgan fingerprint density at radius 1 is 1.36 bits per heavy atom. The monoisotopic (exact) mass is 352 g/mol. The van der Waals surface area contributed by atoms with Crippen LogP contribution in [0.15, 0.2) is 11.6 Å². The maximum absolute atomic E-state index is 11.2. The van der Waals surface area contributed by atoms with Crippen LogP contribution in [0.3, 0.4) is 0 Å². The van der Waals surface area contributed by atoms with Gasteiger partial charge in [-0.25, -0.2) is 0 Å². The lowest BCUT2D eigenvalue weighted by Gasteiger charge is -2.29. The van der Waals surface area contributed by atoms with Gasteiger partial charge in [0.15, 0.2) is 6.29 Å². The number of methoxy groups -OCH3 is 1. The Morgan fingerprint density at radius 2 is 2.24 bits per heavy atom. The average molecular weight is 352 g/mol. The molecule has 3 rings (SSSR count). The molecule has 1 aliphatic heterocycles. The number of allylic oxidation sites excluding steroid dienone is 2. The number of aliphatic hydroxyl groups is 1. The van der Waals surface area contributed by atoms with Crippen molar-refractivity contribution in [1.82, 2.24) is 0 Å². The molecule has 1 N–H and O–H groups in total. The molecule has 5 nitrogen and oxygen atoms in total. The summed E-state index contributed by atoms with van der Waals surface area (Å²) in [6.07, 6.45) is 11.1. The molecule has 142 valence electrons. The number of carbonyl (C=O) groups is 1. The van der Waals surface area contributed by atoms with Crippen LogP contribution in [0, 0.1) is 17.8 Å². The van der Waals surface area contributed by atoms with Crippen molar-refractivity contribution < 1.29 is 24.1 Å². The fourth-order valence-corrected chi connectivity index (χ4v) is 4.79. The maximum Gasteiger partial charge on any atom is 0.305 e.